The number of benzene rings is 1. The van der Waals surface area contributed by atoms with Crippen molar-refractivity contribution in [2.45, 2.75) is 38.1 Å². The predicted octanol–water partition coefficient (Wildman–Crippen LogP) is 3.06. The quantitative estimate of drug-likeness (QED) is 0.899. The molecule has 7 heteroatoms. The molecule has 1 heterocycles. The number of hydrogen-bond donors (Lipinski definition) is 2. The Hall–Kier alpha value is -1.76. The van der Waals surface area contributed by atoms with Gasteiger partial charge in [-0.1, -0.05) is 19.1 Å². The van der Waals surface area contributed by atoms with Crippen molar-refractivity contribution in [1.82, 2.24) is 5.32 Å². The predicted molar refractivity (Wildman–Crippen MR) is 72.0 cm³/mol. The maximum Gasteiger partial charge on any atom is 0.573 e. The normalized spacial score (nSPS) is 22.1. The largest absolute Gasteiger partial charge is 0.573 e. The Morgan fingerprint density at radius 3 is 2.71 bits per heavy atom. The van der Waals surface area contributed by atoms with Crippen LogP contribution in [0.1, 0.15) is 26.2 Å². The van der Waals surface area contributed by atoms with E-state index in [0.717, 1.165) is 13.0 Å². The van der Waals surface area contributed by atoms with E-state index in [2.05, 4.69) is 15.4 Å². The Morgan fingerprint density at radius 1 is 1.43 bits per heavy atom. The molecule has 4 nitrogen and oxygen atoms in total. The van der Waals surface area contributed by atoms with E-state index in [-0.39, 0.29) is 11.6 Å². The Balaban J connectivity index is 2.17. The number of carbonyl (C=O) groups excluding carboxylic acids is 1. The van der Waals surface area contributed by atoms with Crippen molar-refractivity contribution in [1.29, 1.82) is 0 Å². The van der Waals surface area contributed by atoms with Crippen LogP contribution in [0.4, 0.5) is 18.9 Å². The van der Waals surface area contributed by atoms with Crippen LogP contribution >= 0.6 is 0 Å². The van der Waals surface area contributed by atoms with Crippen LogP contribution in [0, 0.1) is 0 Å². The van der Waals surface area contributed by atoms with Gasteiger partial charge in [-0.25, -0.2) is 0 Å². The molecule has 1 unspecified atom stereocenters. The Bertz CT molecular complexity index is 511. The number of rotatable bonds is 4. The van der Waals surface area contributed by atoms with Crippen LogP contribution in [0.15, 0.2) is 24.3 Å². The van der Waals surface area contributed by atoms with E-state index in [9.17, 15) is 18.0 Å². The van der Waals surface area contributed by atoms with Crippen molar-refractivity contribution in [2.75, 3.05) is 11.9 Å². The van der Waals surface area contributed by atoms with Crippen LogP contribution in [-0.2, 0) is 4.79 Å². The van der Waals surface area contributed by atoms with Crippen LogP contribution in [0.3, 0.4) is 0 Å². The summed E-state index contributed by atoms with van der Waals surface area (Å²) in [6.07, 6.45) is -2.70. The van der Waals surface area contributed by atoms with Gasteiger partial charge in [0.2, 0.25) is 5.91 Å². The molecule has 1 saturated heterocycles. The van der Waals surface area contributed by atoms with E-state index in [0.29, 0.717) is 12.8 Å². The summed E-state index contributed by atoms with van der Waals surface area (Å²) in [4.78, 5) is 12.4. The van der Waals surface area contributed by atoms with Gasteiger partial charge in [0, 0.05) is 0 Å². The van der Waals surface area contributed by atoms with Gasteiger partial charge in [0.25, 0.3) is 0 Å². The van der Waals surface area contributed by atoms with E-state index in [1.54, 1.807) is 6.07 Å². The number of amides is 1. The summed E-state index contributed by atoms with van der Waals surface area (Å²) in [5, 5.41) is 5.67. The van der Waals surface area contributed by atoms with E-state index in [4.69, 9.17) is 0 Å². The van der Waals surface area contributed by atoms with Crippen molar-refractivity contribution in [2.24, 2.45) is 0 Å². The lowest BCUT2D eigenvalue weighted by Gasteiger charge is -2.27. The van der Waals surface area contributed by atoms with Crippen LogP contribution < -0.4 is 15.4 Å². The molecule has 0 bridgehead atoms. The zero-order valence-corrected chi connectivity index (χ0v) is 11.6. The topological polar surface area (TPSA) is 50.4 Å². The third-order valence-corrected chi connectivity index (χ3v) is 3.64. The molecular formula is C14H17F3N2O2. The van der Waals surface area contributed by atoms with E-state index >= 15 is 0 Å². The lowest BCUT2D eigenvalue weighted by atomic mass is 9.93. The molecule has 1 aliphatic heterocycles. The molecule has 116 valence electrons. The summed E-state index contributed by atoms with van der Waals surface area (Å²) in [6, 6.07) is 5.51. The molecule has 0 aliphatic carbocycles. The number of alkyl halides is 3. The van der Waals surface area contributed by atoms with E-state index in [1.807, 2.05) is 6.92 Å². The summed E-state index contributed by atoms with van der Waals surface area (Å²) in [7, 11) is 0. The first-order valence-corrected chi connectivity index (χ1v) is 6.77. The summed E-state index contributed by atoms with van der Waals surface area (Å²) in [5.74, 6) is -0.747. The Kier molecular flexibility index (Phi) is 4.41. The van der Waals surface area contributed by atoms with Gasteiger partial charge in [0.1, 0.15) is 0 Å². The fourth-order valence-corrected chi connectivity index (χ4v) is 2.49. The van der Waals surface area contributed by atoms with Gasteiger partial charge in [-0.3, -0.25) is 4.79 Å². The van der Waals surface area contributed by atoms with Crippen molar-refractivity contribution >= 4 is 11.6 Å². The van der Waals surface area contributed by atoms with Crippen molar-refractivity contribution in [3.63, 3.8) is 0 Å². The second-order valence-corrected chi connectivity index (χ2v) is 4.96. The van der Waals surface area contributed by atoms with Gasteiger partial charge in [0.15, 0.2) is 5.75 Å². The zero-order chi connectivity index (χ0) is 15.5. The number of hydrogen-bond acceptors (Lipinski definition) is 3. The first-order valence-electron chi connectivity index (χ1n) is 6.77. The molecule has 0 radical (unpaired) electrons. The lowest BCUT2D eigenvalue weighted by Crippen LogP contribution is -2.50. The number of para-hydroxylation sites is 2. The second kappa shape index (κ2) is 5.93. The monoisotopic (exact) mass is 302 g/mol. The SMILES string of the molecule is CCC1(C(=O)Nc2ccccc2OC(F)(F)F)CCCN1. The highest BCUT2D eigenvalue weighted by atomic mass is 19.4. The van der Waals surface area contributed by atoms with Crippen molar-refractivity contribution in [3.8, 4) is 5.75 Å². The summed E-state index contributed by atoms with van der Waals surface area (Å²) < 4.78 is 41.0. The highest BCUT2D eigenvalue weighted by Gasteiger charge is 2.39. The summed E-state index contributed by atoms with van der Waals surface area (Å²) in [5.41, 5.74) is -0.702. The molecule has 1 aliphatic rings. The molecule has 2 N–H and O–H groups in total. The van der Waals surface area contributed by atoms with Gasteiger partial charge >= 0.3 is 6.36 Å². The minimum absolute atomic E-state index is 0.0151. The average Bonchev–Trinajstić information content (AvgIpc) is 2.89. The molecule has 1 aromatic carbocycles. The van der Waals surface area contributed by atoms with Crippen LogP contribution in [0.2, 0.25) is 0 Å². The Labute approximate surface area is 120 Å². The number of halogens is 3. The lowest BCUT2D eigenvalue weighted by molar-refractivity contribution is -0.274. The summed E-state index contributed by atoms with van der Waals surface area (Å²) in [6.45, 7) is 2.60. The van der Waals surface area contributed by atoms with Gasteiger partial charge in [-0.15, -0.1) is 13.2 Å². The highest BCUT2D eigenvalue weighted by Crippen LogP contribution is 2.32. The second-order valence-electron chi connectivity index (χ2n) is 4.96. The number of nitrogens with one attached hydrogen (secondary N) is 2. The minimum Gasteiger partial charge on any atom is -0.404 e. The number of ether oxygens (including phenoxy) is 1. The standard InChI is InChI=1S/C14H17F3N2O2/c1-2-13(8-5-9-18-13)12(20)19-10-6-3-4-7-11(10)21-14(15,16)17/h3-4,6-7,18H,2,5,8-9H2,1H3,(H,19,20). The average molecular weight is 302 g/mol. The van der Waals surface area contributed by atoms with Gasteiger partial charge in [0.05, 0.1) is 11.2 Å². The molecule has 21 heavy (non-hydrogen) atoms. The maximum atomic E-state index is 12.4. The molecule has 2 rings (SSSR count). The molecule has 0 saturated carbocycles. The molecule has 0 aromatic heterocycles. The minimum atomic E-state index is -4.80. The fraction of sp³-hybridized carbons (Fsp3) is 0.500. The van der Waals surface area contributed by atoms with Crippen LogP contribution in [-0.4, -0.2) is 24.4 Å². The molecule has 0 spiro atoms. The zero-order valence-electron chi connectivity index (χ0n) is 11.6. The van der Waals surface area contributed by atoms with Crippen LogP contribution in [0.5, 0.6) is 5.75 Å². The van der Waals surface area contributed by atoms with Crippen molar-refractivity contribution in [3.05, 3.63) is 24.3 Å². The fourth-order valence-electron chi connectivity index (χ4n) is 2.49. The molecule has 1 amide bonds. The first kappa shape index (κ1) is 15.6. The van der Waals surface area contributed by atoms with Crippen LogP contribution in [0.25, 0.3) is 0 Å². The molecule has 1 fully saturated rings. The molecule has 1 aromatic rings. The molecule has 1 atom stereocenters. The first-order chi connectivity index (χ1) is 9.86. The smallest absolute Gasteiger partial charge is 0.404 e. The van der Waals surface area contributed by atoms with Crippen molar-refractivity contribution < 1.29 is 22.7 Å². The maximum absolute atomic E-state index is 12.4. The Morgan fingerprint density at radius 2 is 2.14 bits per heavy atom. The van der Waals surface area contributed by atoms with E-state index < -0.39 is 17.7 Å². The highest BCUT2D eigenvalue weighted by molar-refractivity contribution is 5.99. The van der Waals surface area contributed by atoms with Gasteiger partial charge in [-0.05, 0) is 37.9 Å². The third-order valence-electron chi connectivity index (χ3n) is 3.64. The number of anilines is 1. The molecular weight excluding hydrogens is 285 g/mol. The van der Waals surface area contributed by atoms with E-state index in [1.165, 1.54) is 18.2 Å². The third kappa shape index (κ3) is 3.66. The van der Waals surface area contributed by atoms with Gasteiger partial charge in [-0.2, -0.15) is 0 Å². The summed E-state index contributed by atoms with van der Waals surface area (Å²) >= 11 is 0. The number of carbonyl (C=O) groups is 1. The van der Waals surface area contributed by atoms with Gasteiger partial charge < -0.3 is 15.4 Å².